The zero-order valence-corrected chi connectivity index (χ0v) is 14.2. The molecule has 0 atom stereocenters. The summed E-state index contributed by atoms with van der Waals surface area (Å²) in [5.41, 5.74) is 2.10. The molecule has 108 valence electrons. The van der Waals surface area contributed by atoms with Crippen molar-refractivity contribution in [1.82, 2.24) is 4.98 Å². The quantitative estimate of drug-likeness (QED) is 0.516. The normalized spacial score (nSPS) is 11.4. The van der Waals surface area contributed by atoms with E-state index in [1.165, 1.54) is 11.3 Å². The fraction of sp³-hybridized carbons (Fsp3) is 0. The lowest BCUT2D eigenvalue weighted by Gasteiger charge is -2.00. The van der Waals surface area contributed by atoms with Crippen LogP contribution in [0.2, 0.25) is 10.0 Å². The summed E-state index contributed by atoms with van der Waals surface area (Å²) in [4.78, 5) is 5.55. The average Bonchev–Trinajstić information content (AvgIpc) is 3.16. The number of nitriles is 1. The zero-order valence-electron chi connectivity index (χ0n) is 11.1. The van der Waals surface area contributed by atoms with E-state index >= 15 is 0 Å². The number of thiophene rings is 1. The van der Waals surface area contributed by atoms with Crippen molar-refractivity contribution in [2.24, 2.45) is 0 Å². The van der Waals surface area contributed by atoms with Crippen molar-refractivity contribution in [2.45, 2.75) is 0 Å². The van der Waals surface area contributed by atoms with E-state index in [-0.39, 0.29) is 0 Å². The van der Waals surface area contributed by atoms with Crippen LogP contribution in [-0.2, 0) is 0 Å². The Morgan fingerprint density at radius 1 is 1.23 bits per heavy atom. The number of benzene rings is 1. The van der Waals surface area contributed by atoms with E-state index in [1.54, 1.807) is 23.5 Å². The number of allylic oxidation sites excluding steroid dienone is 1. The molecule has 6 heteroatoms. The molecule has 3 aromatic rings. The Balaban J connectivity index is 1.98. The number of aromatic nitrogens is 1. The van der Waals surface area contributed by atoms with Crippen molar-refractivity contribution >= 4 is 57.5 Å². The molecule has 0 saturated heterocycles. The highest BCUT2D eigenvalue weighted by atomic mass is 35.5. The third-order valence-corrected chi connectivity index (χ3v) is 5.13. The maximum absolute atomic E-state index is 9.36. The monoisotopic (exact) mass is 362 g/mol. The van der Waals surface area contributed by atoms with Crippen molar-refractivity contribution in [1.29, 1.82) is 5.26 Å². The van der Waals surface area contributed by atoms with E-state index in [4.69, 9.17) is 23.2 Å². The lowest BCUT2D eigenvalue weighted by molar-refractivity contribution is 1.37. The topological polar surface area (TPSA) is 36.7 Å². The lowest BCUT2D eigenvalue weighted by atomic mass is 10.2. The van der Waals surface area contributed by atoms with Crippen molar-refractivity contribution < 1.29 is 0 Å². The van der Waals surface area contributed by atoms with Gasteiger partial charge in [-0.05, 0) is 35.7 Å². The number of halogens is 2. The number of hydrogen-bond donors (Lipinski definition) is 0. The highest BCUT2D eigenvalue weighted by Crippen LogP contribution is 2.33. The van der Waals surface area contributed by atoms with E-state index in [1.807, 2.05) is 35.0 Å². The van der Waals surface area contributed by atoms with Gasteiger partial charge in [-0.15, -0.1) is 22.7 Å². The van der Waals surface area contributed by atoms with Crippen molar-refractivity contribution in [3.8, 4) is 17.3 Å². The Labute approximate surface area is 145 Å². The molecule has 2 aromatic heterocycles. The number of rotatable bonds is 3. The molecule has 1 aromatic carbocycles. The maximum Gasteiger partial charge on any atom is 0.134 e. The van der Waals surface area contributed by atoms with Gasteiger partial charge in [0.1, 0.15) is 11.1 Å². The highest BCUT2D eigenvalue weighted by molar-refractivity contribution is 7.12. The Kier molecular flexibility index (Phi) is 4.60. The Morgan fingerprint density at radius 2 is 2.09 bits per heavy atom. The second kappa shape index (κ2) is 6.64. The molecule has 0 aliphatic carbocycles. The molecule has 0 spiro atoms. The summed E-state index contributed by atoms with van der Waals surface area (Å²) >= 11 is 15.1. The van der Waals surface area contributed by atoms with E-state index in [0.717, 1.165) is 16.1 Å². The Hall–Kier alpha value is -1.64. The molecule has 0 aliphatic heterocycles. The van der Waals surface area contributed by atoms with Crippen LogP contribution in [0.5, 0.6) is 0 Å². The van der Waals surface area contributed by atoms with Gasteiger partial charge in [0, 0.05) is 20.8 Å². The van der Waals surface area contributed by atoms with Gasteiger partial charge in [-0.25, -0.2) is 4.98 Å². The molecule has 3 rings (SSSR count). The predicted molar refractivity (Wildman–Crippen MR) is 95.4 cm³/mol. The fourth-order valence-electron chi connectivity index (χ4n) is 1.88. The van der Waals surface area contributed by atoms with Crippen LogP contribution < -0.4 is 0 Å². The molecule has 2 nitrogen and oxygen atoms in total. The van der Waals surface area contributed by atoms with Crippen LogP contribution in [0.25, 0.3) is 22.9 Å². The van der Waals surface area contributed by atoms with Gasteiger partial charge in [0.05, 0.1) is 16.3 Å². The van der Waals surface area contributed by atoms with Crippen molar-refractivity contribution in [2.75, 3.05) is 0 Å². The molecule has 0 fully saturated rings. The maximum atomic E-state index is 9.36. The average molecular weight is 363 g/mol. The molecular weight excluding hydrogens is 355 g/mol. The molecule has 0 N–H and O–H groups in total. The third-order valence-electron chi connectivity index (χ3n) is 2.89. The molecule has 0 bridgehead atoms. The summed E-state index contributed by atoms with van der Waals surface area (Å²) in [5, 5.41) is 15.0. The minimum atomic E-state index is 0.545. The van der Waals surface area contributed by atoms with Crippen LogP contribution >= 0.6 is 45.9 Å². The first-order valence-electron chi connectivity index (χ1n) is 6.24. The molecule has 22 heavy (non-hydrogen) atoms. The molecule has 0 saturated carbocycles. The number of hydrogen-bond acceptors (Lipinski definition) is 4. The Morgan fingerprint density at radius 3 is 2.77 bits per heavy atom. The minimum Gasteiger partial charge on any atom is -0.235 e. The molecule has 0 amide bonds. The van der Waals surface area contributed by atoms with Gasteiger partial charge in [-0.2, -0.15) is 5.26 Å². The molecule has 0 radical (unpaired) electrons. The van der Waals surface area contributed by atoms with Gasteiger partial charge in [0.15, 0.2) is 0 Å². The second-order valence-corrected chi connectivity index (χ2v) is 7.03. The Bertz CT molecular complexity index is 874. The number of nitrogens with zero attached hydrogens (tertiary/aromatic N) is 2. The number of thiazole rings is 1. The molecule has 0 unspecified atom stereocenters. The smallest absolute Gasteiger partial charge is 0.134 e. The van der Waals surface area contributed by atoms with Gasteiger partial charge >= 0.3 is 0 Å². The van der Waals surface area contributed by atoms with Crippen LogP contribution in [0, 0.1) is 11.3 Å². The first-order valence-corrected chi connectivity index (χ1v) is 8.75. The first kappa shape index (κ1) is 15.3. The molecule has 0 aliphatic rings. The fourth-order valence-corrected chi connectivity index (χ4v) is 3.82. The van der Waals surface area contributed by atoms with Gasteiger partial charge < -0.3 is 0 Å². The molecular formula is C16H8Cl2N2S2. The first-order chi connectivity index (χ1) is 10.7. The minimum absolute atomic E-state index is 0.545. The summed E-state index contributed by atoms with van der Waals surface area (Å²) in [6, 6.07) is 11.4. The van der Waals surface area contributed by atoms with Crippen molar-refractivity contribution in [3.05, 3.63) is 61.0 Å². The van der Waals surface area contributed by atoms with Gasteiger partial charge in [0.25, 0.3) is 0 Å². The summed E-state index contributed by atoms with van der Waals surface area (Å²) in [7, 11) is 0. The van der Waals surface area contributed by atoms with E-state index < -0.39 is 0 Å². The summed E-state index contributed by atoms with van der Waals surface area (Å²) in [6.07, 6.45) is 1.84. The summed E-state index contributed by atoms with van der Waals surface area (Å²) in [6.45, 7) is 0. The third kappa shape index (κ3) is 3.23. The predicted octanol–water partition coefficient (Wildman–Crippen LogP) is 6.24. The van der Waals surface area contributed by atoms with Crippen molar-refractivity contribution in [3.63, 3.8) is 0 Å². The van der Waals surface area contributed by atoms with E-state index in [0.29, 0.717) is 20.6 Å². The van der Waals surface area contributed by atoms with Crippen LogP contribution in [0.1, 0.15) is 9.88 Å². The van der Waals surface area contributed by atoms with E-state index in [9.17, 15) is 5.26 Å². The SMILES string of the molecule is N#C/C(=C/c1cccs1)c1nc(-c2ccc(Cl)cc2Cl)cs1. The van der Waals surface area contributed by atoms with Gasteiger partial charge in [-0.1, -0.05) is 29.3 Å². The molecule has 2 heterocycles. The standard InChI is InChI=1S/C16H8Cl2N2S2/c17-11-3-4-13(14(18)7-11)15-9-22-16(20-15)10(8-19)6-12-2-1-5-21-12/h1-7,9H/b10-6-. The zero-order chi connectivity index (χ0) is 15.5. The summed E-state index contributed by atoms with van der Waals surface area (Å²) in [5.74, 6) is 0. The largest absolute Gasteiger partial charge is 0.235 e. The van der Waals surface area contributed by atoms with Crippen LogP contribution in [0.15, 0.2) is 41.1 Å². The summed E-state index contributed by atoms with van der Waals surface area (Å²) < 4.78 is 0. The van der Waals surface area contributed by atoms with Crippen LogP contribution in [-0.4, -0.2) is 4.98 Å². The second-order valence-electron chi connectivity index (χ2n) is 4.35. The van der Waals surface area contributed by atoms with Gasteiger partial charge in [0.2, 0.25) is 0 Å². The highest BCUT2D eigenvalue weighted by Gasteiger charge is 2.12. The van der Waals surface area contributed by atoms with E-state index in [2.05, 4.69) is 11.1 Å². The lowest BCUT2D eigenvalue weighted by Crippen LogP contribution is -1.83. The van der Waals surface area contributed by atoms with Crippen LogP contribution in [0.4, 0.5) is 0 Å². The van der Waals surface area contributed by atoms with Crippen LogP contribution in [0.3, 0.4) is 0 Å². The van der Waals surface area contributed by atoms with Gasteiger partial charge in [-0.3, -0.25) is 0 Å².